The molecule has 0 saturated carbocycles. The Kier molecular flexibility index (Phi) is 6.26. The molecule has 0 saturated heterocycles. The van der Waals surface area contributed by atoms with E-state index >= 15 is 0 Å². The lowest BCUT2D eigenvalue weighted by Crippen LogP contribution is -1.94. The number of hydrogen-bond acceptors (Lipinski definition) is 1. The molecule has 0 bridgehead atoms. The van der Waals surface area contributed by atoms with Crippen molar-refractivity contribution >= 4 is 33.2 Å². The van der Waals surface area contributed by atoms with E-state index in [2.05, 4.69) is 74.9 Å². The molecule has 7 rings (SSSR count). The molecule has 0 radical (unpaired) electrons. The molecule has 43 heavy (non-hydrogen) atoms. The van der Waals surface area contributed by atoms with Crippen LogP contribution in [0.1, 0.15) is 5.56 Å². The summed E-state index contributed by atoms with van der Waals surface area (Å²) in [6, 6.07) is 46.5. The van der Waals surface area contributed by atoms with Crippen LogP contribution in [-0.2, 0) is 0 Å². The number of para-hydroxylation sites is 1. The molecule has 0 fully saturated rings. The SMILES string of the molecule is [C-]#[N+]c1cc(-c2cccc(-c3cccc(-c4cccc(C#N)c4)c3)c2)cc(-n2c3ccccc3c3cc([N+]#[C-])ccc32)c1. The highest BCUT2D eigenvalue weighted by atomic mass is 15.0. The number of benzene rings is 6. The molecule has 1 aromatic heterocycles. The molecule has 0 aliphatic rings. The highest BCUT2D eigenvalue weighted by Crippen LogP contribution is 2.38. The van der Waals surface area contributed by atoms with Gasteiger partial charge in [-0.1, -0.05) is 72.8 Å². The summed E-state index contributed by atoms with van der Waals surface area (Å²) in [4.78, 5) is 7.47. The summed E-state index contributed by atoms with van der Waals surface area (Å²) in [5.74, 6) is 0. The van der Waals surface area contributed by atoms with E-state index in [1.807, 2.05) is 78.9 Å². The number of rotatable bonds is 4. The zero-order chi connectivity index (χ0) is 29.3. The van der Waals surface area contributed by atoms with Crippen LogP contribution in [0.4, 0.5) is 11.4 Å². The Morgan fingerprint density at radius 2 is 1.09 bits per heavy atom. The van der Waals surface area contributed by atoms with E-state index < -0.39 is 0 Å². The first-order valence-electron chi connectivity index (χ1n) is 13.8. The Morgan fingerprint density at radius 3 is 1.77 bits per heavy atom. The van der Waals surface area contributed by atoms with Crippen LogP contribution >= 0.6 is 0 Å². The van der Waals surface area contributed by atoms with Gasteiger partial charge in [-0.2, -0.15) is 5.26 Å². The highest BCUT2D eigenvalue weighted by molar-refractivity contribution is 6.10. The maximum atomic E-state index is 9.34. The maximum Gasteiger partial charge on any atom is 0.189 e. The molecule has 0 N–H and O–H groups in total. The first kappa shape index (κ1) is 25.6. The van der Waals surface area contributed by atoms with Gasteiger partial charge in [-0.15, -0.1) is 0 Å². The Balaban J connectivity index is 1.36. The van der Waals surface area contributed by atoms with Crippen molar-refractivity contribution in [3.8, 4) is 45.1 Å². The van der Waals surface area contributed by atoms with Gasteiger partial charge in [0, 0.05) is 11.1 Å². The van der Waals surface area contributed by atoms with E-state index in [0.29, 0.717) is 16.9 Å². The molecule has 4 heteroatoms. The highest BCUT2D eigenvalue weighted by Gasteiger charge is 2.15. The fourth-order valence-corrected chi connectivity index (χ4v) is 5.79. The third-order valence-electron chi connectivity index (χ3n) is 7.79. The predicted octanol–water partition coefficient (Wildman–Crippen LogP) is 10.8. The largest absolute Gasteiger partial charge is 0.311 e. The minimum atomic E-state index is 0.556. The van der Waals surface area contributed by atoms with Gasteiger partial charge in [0.2, 0.25) is 0 Å². The third kappa shape index (κ3) is 4.58. The molecule has 4 nitrogen and oxygen atoms in total. The van der Waals surface area contributed by atoms with Gasteiger partial charge >= 0.3 is 0 Å². The molecule has 1 heterocycles. The lowest BCUT2D eigenvalue weighted by Gasteiger charge is -2.13. The van der Waals surface area contributed by atoms with Crippen molar-refractivity contribution in [2.24, 2.45) is 0 Å². The summed E-state index contributed by atoms with van der Waals surface area (Å²) in [7, 11) is 0. The topological polar surface area (TPSA) is 37.4 Å². The number of nitrogens with zero attached hydrogens (tertiary/aromatic N) is 4. The standard InChI is InChI=1S/C39H22N4/c1-41-33-16-17-39-37(24-33)36-14-3-4-15-38(36)43(39)35-22-32(21-34(23-35)42-2)31-13-7-12-30(20-31)29-11-6-10-28(19-29)27-9-5-8-26(18-27)25-40/h3-24H. The van der Waals surface area contributed by atoms with Crippen LogP contribution in [0.3, 0.4) is 0 Å². The van der Waals surface area contributed by atoms with E-state index in [9.17, 15) is 5.26 Å². The monoisotopic (exact) mass is 546 g/mol. The third-order valence-corrected chi connectivity index (χ3v) is 7.79. The fourth-order valence-electron chi connectivity index (χ4n) is 5.79. The summed E-state index contributed by atoms with van der Waals surface area (Å²) in [5.41, 5.74) is 10.9. The Hall–Kier alpha value is -6.41. The average molecular weight is 547 g/mol. The molecular weight excluding hydrogens is 524 g/mol. The quantitative estimate of drug-likeness (QED) is 0.202. The second kappa shape index (κ2) is 10.5. The zero-order valence-corrected chi connectivity index (χ0v) is 23.0. The van der Waals surface area contributed by atoms with Crippen molar-refractivity contribution in [1.82, 2.24) is 4.57 Å². The van der Waals surface area contributed by atoms with Gasteiger partial charge in [-0.05, 0) is 99.4 Å². The van der Waals surface area contributed by atoms with Crippen molar-refractivity contribution in [1.29, 1.82) is 5.26 Å². The minimum absolute atomic E-state index is 0.556. The molecule has 6 aromatic carbocycles. The molecule has 0 unspecified atom stereocenters. The van der Waals surface area contributed by atoms with E-state index in [-0.39, 0.29) is 0 Å². The first-order chi connectivity index (χ1) is 21.1. The van der Waals surface area contributed by atoms with Gasteiger partial charge in [-0.25, -0.2) is 9.69 Å². The number of hydrogen-bond donors (Lipinski definition) is 0. The lowest BCUT2D eigenvalue weighted by molar-refractivity contribution is 1.18. The van der Waals surface area contributed by atoms with Crippen LogP contribution in [0.2, 0.25) is 0 Å². The first-order valence-corrected chi connectivity index (χ1v) is 13.8. The number of aromatic nitrogens is 1. The normalized spacial score (nSPS) is 10.7. The van der Waals surface area contributed by atoms with Gasteiger partial charge in [-0.3, -0.25) is 0 Å². The van der Waals surface area contributed by atoms with E-state index in [1.165, 1.54) is 0 Å². The molecule has 198 valence electrons. The fraction of sp³-hybridized carbons (Fsp3) is 0. The van der Waals surface area contributed by atoms with Crippen molar-refractivity contribution in [3.05, 3.63) is 162 Å². The van der Waals surface area contributed by atoms with Crippen LogP contribution < -0.4 is 0 Å². The van der Waals surface area contributed by atoms with E-state index in [4.69, 9.17) is 13.1 Å². The number of fused-ring (bicyclic) bond motifs is 3. The second-order valence-electron chi connectivity index (χ2n) is 10.4. The summed E-state index contributed by atoms with van der Waals surface area (Å²) in [5, 5.41) is 11.4. The second-order valence-corrected chi connectivity index (χ2v) is 10.4. The summed E-state index contributed by atoms with van der Waals surface area (Å²) in [6.45, 7) is 15.4. The van der Waals surface area contributed by atoms with Crippen LogP contribution in [0.5, 0.6) is 0 Å². The van der Waals surface area contributed by atoms with Crippen molar-refractivity contribution in [3.63, 3.8) is 0 Å². The lowest BCUT2D eigenvalue weighted by atomic mass is 9.95. The molecule has 0 aliphatic carbocycles. The van der Waals surface area contributed by atoms with Crippen molar-refractivity contribution < 1.29 is 0 Å². The van der Waals surface area contributed by atoms with Crippen molar-refractivity contribution in [2.75, 3.05) is 0 Å². The van der Waals surface area contributed by atoms with Crippen LogP contribution in [0.25, 0.3) is 70.6 Å². The van der Waals surface area contributed by atoms with Gasteiger partial charge in [0.25, 0.3) is 0 Å². The van der Waals surface area contributed by atoms with Crippen LogP contribution in [0, 0.1) is 24.5 Å². The molecular formula is C39H22N4. The molecule has 0 spiro atoms. The summed E-state index contributed by atoms with van der Waals surface area (Å²) < 4.78 is 2.18. The Bertz CT molecular complexity index is 2340. The minimum Gasteiger partial charge on any atom is -0.311 e. The smallest absolute Gasteiger partial charge is 0.189 e. The maximum absolute atomic E-state index is 9.34. The summed E-state index contributed by atoms with van der Waals surface area (Å²) >= 11 is 0. The van der Waals surface area contributed by atoms with E-state index in [0.717, 1.165) is 60.9 Å². The van der Waals surface area contributed by atoms with Gasteiger partial charge in [0.1, 0.15) is 0 Å². The Labute approximate surface area is 249 Å². The predicted molar refractivity (Wildman–Crippen MR) is 174 cm³/mol. The van der Waals surface area contributed by atoms with Crippen LogP contribution in [0.15, 0.2) is 133 Å². The van der Waals surface area contributed by atoms with Crippen molar-refractivity contribution in [2.45, 2.75) is 0 Å². The van der Waals surface area contributed by atoms with Gasteiger partial charge in [0.15, 0.2) is 11.4 Å². The molecule has 0 amide bonds. The Morgan fingerprint density at radius 1 is 0.488 bits per heavy atom. The zero-order valence-electron chi connectivity index (χ0n) is 23.0. The average Bonchev–Trinajstić information content (AvgIpc) is 3.41. The molecule has 7 aromatic rings. The van der Waals surface area contributed by atoms with E-state index in [1.54, 1.807) is 0 Å². The molecule has 0 atom stereocenters. The van der Waals surface area contributed by atoms with Crippen LogP contribution in [-0.4, -0.2) is 4.57 Å². The number of nitriles is 1. The van der Waals surface area contributed by atoms with Gasteiger partial charge in [0.05, 0.1) is 35.8 Å². The van der Waals surface area contributed by atoms with Gasteiger partial charge < -0.3 is 4.57 Å². The summed E-state index contributed by atoms with van der Waals surface area (Å²) in [6.07, 6.45) is 0. The molecule has 0 aliphatic heterocycles.